The molecule has 0 spiro atoms. The molecule has 0 radical (unpaired) electrons. The van der Waals surface area contributed by atoms with Crippen LogP contribution in [0.3, 0.4) is 0 Å². The molecule has 2 heterocycles. The molecular formula is C17H18N6O3S. The molecule has 0 aliphatic carbocycles. The van der Waals surface area contributed by atoms with Crippen molar-refractivity contribution in [3.05, 3.63) is 42.0 Å². The summed E-state index contributed by atoms with van der Waals surface area (Å²) in [7, 11) is 1.53. The smallest absolute Gasteiger partial charge is 0.325 e. The van der Waals surface area contributed by atoms with Crippen LogP contribution in [-0.4, -0.2) is 46.4 Å². The van der Waals surface area contributed by atoms with Crippen LogP contribution in [0.1, 0.15) is 0 Å². The van der Waals surface area contributed by atoms with Gasteiger partial charge in [0.1, 0.15) is 0 Å². The SMILES string of the molecule is COc1cnc(-c2ccc(NC(=O)Nc3nccs3)cc2)nc1NCCO. The van der Waals surface area contributed by atoms with Crippen molar-refractivity contribution in [3.8, 4) is 17.1 Å². The van der Waals surface area contributed by atoms with Crippen molar-refractivity contribution >= 4 is 34.0 Å². The zero-order valence-electron chi connectivity index (χ0n) is 14.5. The Balaban J connectivity index is 1.70. The van der Waals surface area contributed by atoms with Gasteiger partial charge in [-0.25, -0.2) is 19.7 Å². The Bertz CT molecular complexity index is 886. The second kappa shape index (κ2) is 8.92. The summed E-state index contributed by atoms with van der Waals surface area (Å²) in [5.41, 5.74) is 1.40. The predicted octanol–water partition coefficient (Wildman–Crippen LogP) is 2.66. The fraction of sp³-hybridized carbons (Fsp3) is 0.176. The van der Waals surface area contributed by atoms with Gasteiger partial charge in [-0.05, 0) is 24.3 Å². The lowest BCUT2D eigenvalue weighted by Crippen LogP contribution is -2.19. The van der Waals surface area contributed by atoms with Crippen molar-refractivity contribution in [2.24, 2.45) is 0 Å². The number of urea groups is 1. The van der Waals surface area contributed by atoms with Crippen LogP contribution in [0.4, 0.5) is 21.4 Å². The first-order valence-electron chi connectivity index (χ1n) is 8.03. The molecule has 140 valence electrons. The van der Waals surface area contributed by atoms with Crippen molar-refractivity contribution in [2.45, 2.75) is 0 Å². The number of ether oxygens (including phenoxy) is 1. The number of aliphatic hydroxyl groups is 1. The van der Waals surface area contributed by atoms with Crippen LogP contribution in [0, 0.1) is 0 Å². The maximum atomic E-state index is 11.9. The predicted molar refractivity (Wildman–Crippen MR) is 104 cm³/mol. The van der Waals surface area contributed by atoms with Gasteiger partial charge in [-0.1, -0.05) is 0 Å². The average Bonchev–Trinajstić information content (AvgIpc) is 3.19. The van der Waals surface area contributed by atoms with Crippen molar-refractivity contribution in [1.82, 2.24) is 15.0 Å². The van der Waals surface area contributed by atoms with Gasteiger partial charge in [0.05, 0.1) is 19.9 Å². The second-order valence-electron chi connectivity index (χ2n) is 5.25. The lowest BCUT2D eigenvalue weighted by Gasteiger charge is -2.11. The largest absolute Gasteiger partial charge is 0.491 e. The van der Waals surface area contributed by atoms with Gasteiger partial charge in [-0.15, -0.1) is 11.3 Å². The zero-order chi connectivity index (χ0) is 19.1. The number of benzene rings is 1. The number of carbonyl (C=O) groups is 1. The number of methoxy groups -OCH3 is 1. The summed E-state index contributed by atoms with van der Waals surface area (Å²) in [6.07, 6.45) is 3.18. The third kappa shape index (κ3) is 4.90. The van der Waals surface area contributed by atoms with E-state index < -0.39 is 0 Å². The Morgan fingerprint density at radius 2 is 2.04 bits per heavy atom. The molecule has 0 saturated carbocycles. The zero-order valence-corrected chi connectivity index (χ0v) is 15.3. The Labute approximate surface area is 159 Å². The normalized spacial score (nSPS) is 10.3. The fourth-order valence-corrected chi connectivity index (χ4v) is 2.73. The van der Waals surface area contributed by atoms with E-state index in [2.05, 4.69) is 30.9 Å². The maximum Gasteiger partial charge on any atom is 0.325 e. The molecule has 2 amide bonds. The molecular weight excluding hydrogens is 368 g/mol. The van der Waals surface area contributed by atoms with E-state index in [1.165, 1.54) is 18.4 Å². The fourth-order valence-electron chi connectivity index (χ4n) is 2.21. The molecule has 0 fully saturated rings. The molecule has 0 aliphatic rings. The summed E-state index contributed by atoms with van der Waals surface area (Å²) in [5.74, 6) is 1.49. The minimum absolute atomic E-state index is 0.0219. The molecule has 3 aromatic rings. The van der Waals surface area contributed by atoms with Gasteiger partial charge >= 0.3 is 6.03 Å². The molecule has 10 heteroatoms. The number of hydrogen-bond acceptors (Lipinski definition) is 8. The van der Waals surface area contributed by atoms with Crippen molar-refractivity contribution in [2.75, 3.05) is 36.2 Å². The number of nitrogens with one attached hydrogen (secondary N) is 3. The van der Waals surface area contributed by atoms with Gasteiger partial charge in [0.2, 0.25) is 0 Å². The third-order valence-corrected chi connectivity index (χ3v) is 4.12. The number of aromatic nitrogens is 3. The van der Waals surface area contributed by atoms with E-state index in [1.807, 2.05) is 0 Å². The number of amides is 2. The molecule has 2 aromatic heterocycles. The van der Waals surface area contributed by atoms with Crippen LogP contribution in [0.15, 0.2) is 42.0 Å². The summed E-state index contributed by atoms with van der Waals surface area (Å²) in [6, 6.07) is 6.75. The molecule has 9 nitrogen and oxygen atoms in total. The molecule has 1 aromatic carbocycles. The molecule has 4 N–H and O–H groups in total. The van der Waals surface area contributed by atoms with E-state index in [0.717, 1.165) is 5.56 Å². The Kier molecular flexibility index (Phi) is 6.13. The van der Waals surface area contributed by atoms with Crippen LogP contribution < -0.4 is 20.7 Å². The standard InChI is InChI=1S/C17H18N6O3S/c1-26-13-10-20-14(22-15(13)18-6-8-24)11-2-4-12(5-3-11)21-16(25)23-17-19-7-9-27-17/h2-5,7,9-10,24H,6,8H2,1H3,(H,18,20,22)(H2,19,21,23,25). The molecule has 0 unspecified atom stereocenters. The van der Waals surface area contributed by atoms with Crippen LogP contribution in [0.25, 0.3) is 11.4 Å². The van der Waals surface area contributed by atoms with Gasteiger partial charge < -0.3 is 20.5 Å². The molecule has 27 heavy (non-hydrogen) atoms. The topological polar surface area (TPSA) is 121 Å². The Morgan fingerprint density at radius 3 is 2.70 bits per heavy atom. The Hall–Kier alpha value is -3.24. The molecule has 3 rings (SSSR count). The maximum absolute atomic E-state index is 11.9. The monoisotopic (exact) mass is 386 g/mol. The number of anilines is 3. The van der Waals surface area contributed by atoms with Crippen LogP contribution in [-0.2, 0) is 0 Å². The van der Waals surface area contributed by atoms with Crippen molar-refractivity contribution in [1.29, 1.82) is 0 Å². The lowest BCUT2D eigenvalue weighted by molar-refractivity contribution is 0.262. The van der Waals surface area contributed by atoms with Crippen LogP contribution >= 0.6 is 11.3 Å². The number of hydrogen-bond donors (Lipinski definition) is 4. The second-order valence-corrected chi connectivity index (χ2v) is 6.15. The van der Waals surface area contributed by atoms with Crippen LogP contribution in [0.2, 0.25) is 0 Å². The first kappa shape index (κ1) is 18.5. The van der Waals surface area contributed by atoms with Gasteiger partial charge in [-0.3, -0.25) is 5.32 Å². The van der Waals surface area contributed by atoms with E-state index in [-0.39, 0.29) is 12.6 Å². The van der Waals surface area contributed by atoms with Crippen molar-refractivity contribution in [3.63, 3.8) is 0 Å². The van der Waals surface area contributed by atoms with E-state index in [1.54, 1.807) is 42.0 Å². The lowest BCUT2D eigenvalue weighted by atomic mass is 10.2. The number of aliphatic hydroxyl groups excluding tert-OH is 1. The minimum atomic E-state index is -0.367. The van der Waals surface area contributed by atoms with Gasteiger partial charge in [0.15, 0.2) is 22.5 Å². The highest BCUT2D eigenvalue weighted by Crippen LogP contribution is 2.25. The first-order valence-corrected chi connectivity index (χ1v) is 8.91. The van der Waals surface area contributed by atoms with Crippen molar-refractivity contribution < 1.29 is 14.6 Å². The Morgan fingerprint density at radius 1 is 1.22 bits per heavy atom. The average molecular weight is 386 g/mol. The molecule has 0 atom stereocenters. The van der Waals surface area contributed by atoms with E-state index in [0.29, 0.717) is 34.8 Å². The van der Waals surface area contributed by atoms with E-state index in [9.17, 15) is 4.79 Å². The number of thiazole rings is 1. The quantitative estimate of drug-likeness (QED) is 0.492. The highest BCUT2D eigenvalue weighted by atomic mass is 32.1. The highest BCUT2D eigenvalue weighted by molar-refractivity contribution is 7.13. The highest BCUT2D eigenvalue weighted by Gasteiger charge is 2.10. The van der Waals surface area contributed by atoms with E-state index in [4.69, 9.17) is 9.84 Å². The summed E-state index contributed by atoms with van der Waals surface area (Å²) >= 11 is 1.34. The summed E-state index contributed by atoms with van der Waals surface area (Å²) in [5, 5.41) is 19.6. The van der Waals surface area contributed by atoms with Gasteiger partial charge in [-0.2, -0.15) is 0 Å². The first-order chi connectivity index (χ1) is 13.2. The van der Waals surface area contributed by atoms with Gasteiger partial charge in [0.25, 0.3) is 0 Å². The number of rotatable bonds is 7. The number of nitrogens with zero attached hydrogens (tertiary/aromatic N) is 3. The molecule has 0 bridgehead atoms. The van der Waals surface area contributed by atoms with Gasteiger partial charge in [0, 0.05) is 29.4 Å². The summed E-state index contributed by atoms with van der Waals surface area (Å²) in [6.45, 7) is 0.329. The molecule has 0 saturated heterocycles. The summed E-state index contributed by atoms with van der Waals surface area (Å²) in [4.78, 5) is 24.6. The third-order valence-electron chi connectivity index (χ3n) is 3.43. The summed E-state index contributed by atoms with van der Waals surface area (Å²) < 4.78 is 5.21. The van der Waals surface area contributed by atoms with Crippen LogP contribution in [0.5, 0.6) is 5.75 Å². The molecule has 0 aliphatic heterocycles. The number of carbonyl (C=O) groups excluding carboxylic acids is 1. The van der Waals surface area contributed by atoms with E-state index >= 15 is 0 Å². The minimum Gasteiger partial charge on any atom is -0.491 e.